The van der Waals surface area contributed by atoms with Gasteiger partial charge in [-0.2, -0.15) is 4.98 Å². The first-order chi connectivity index (χ1) is 13.4. The van der Waals surface area contributed by atoms with Crippen LogP contribution < -0.4 is 27.0 Å². The van der Waals surface area contributed by atoms with Crippen LogP contribution in [0, 0.1) is 6.92 Å². The number of imidazole rings is 1. The highest BCUT2D eigenvalue weighted by Gasteiger charge is 2.19. The van der Waals surface area contributed by atoms with Gasteiger partial charge in [-0.25, -0.2) is 4.79 Å². The van der Waals surface area contributed by atoms with Crippen LogP contribution in [0.3, 0.4) is 0 Å². The molecule has 0 unspecified atom stereocenters. The zero-order valence-corrected chi connectivity index (χ0v) is 15.8. The number of rotatable bonds is 8. The van der Waals surface area contributed by atoms with Crippen LogP contribution in [0.25, 0.3) is 11.2 Å². The lowest BCUT2D eigenvalue weighted by Crippen LogP contribution is -2.31. The Morgan fingerprint density at radius 1 is 1.39 bits per heavy atom. The lowest BCUT2D eigenvalue weighted by atomic mass is 10.2. The van der Waals surface area contributed by atoms with Gasteiger partial charge in [-0.3, -0.25) is 14.3 Å². The first-order valence-electron chi connectivity index (χ1n) is 8.91. The van der Waals surface area contributed by atoms with E-state index in [2.05, 4.69) is 15.3 Å². The highest BCUT2D eigenvalue weighted by atomic mass is 16.5. The normalized spacial score (nSPS) is 12.3. The SMILES string of the molecule is Cc1cccc(OC[C@@H](O)Cn2c(NCCN)nc3c2c(=O)[nH]c(=O)n3C)c1. The summed E-state index contributed by atoms with van der Waals surface area (Å²) in [6, 6.07) is 7.50. The van der Waals surface area contributed by atoms with Crippen LogP contribution in [0.15, 0.2) is 33.9 Å². The Morgan fingerprint density at radius 3 is 2.89 bits per heavy atom. The topological polar surface area (TPSA) is 140 Å². The van der Waals surface area contributed by atoms with Gasteiger partial charge in [0.1, 0.15) is 18.5 Å². The van der Waals surface area contributed by atoms with Crippen LogP contribution in [0.4, 0.5) is 5.95 Å². The van der Waals surface area contributed by atoms with Crippen LogP contribution in [0.5, 0.6) is 5.75 Å². The summed E-state index contributed by atoms with van der Waals surface area (Å²) < 4.78 is 8.42. The number of aliphatic hydroxyl groups is 1. The predicted molar refractivity (Wildman–Crippen MR) is 106 cm³/mol. The molecule has 3 aromatic rings. The van der Waals surface area contributed by atoms with Crippen molar-refractivity contribution in [2.24, 2.45) is 12.8 Å². The van der Waals surface area contributed by atoms with Crippen molar-refractivity contribution in [3.05, 3.63) is 50.7 Å². The molecule has 1 aromatic carbocycles. The van der Waals surface area contributed by atoms with Crippen LogP contribution in [0.1, 0.15) is 5.56 Å². The van der Waals surface area contributed by atoms with Crippen molar-refractivity contribution in [1.29, 1.82) is 0 Å². The third kappa shape index (κ3) is 4.07. The molecule has 0 saturated carbocycles. The molecule has 10 heteroatoms. The number of hydrogen-bond donors (Lipinski definition) is 4. The Bertz CT molecular complexity index is 1080. The molecule has 2 aromatic heterocycles. The van der Waals surface area contributed by atoms with E-state index in [1.165, 1.54) is 16.2 Å². The van der Waals surface area contributed by atoms with Crippen LogP contribution in [0.2, 0.25) is 0 Å². The quantitative estimate of drug-likeness (QED) is 0.409. The Balaban J connectivity index is 1.88. The average Bonchev–Trinajstić information content (AvgIpc) is 3.02. The molecule has 0 aliphatic heterocycles. The fourth-order valence-electron chi connectivity index (χ4n) is 2.89. The van der Waals surface area contributed by atoms with E-state index < -0.39 is 17.4 Å². The number of fused-ring (bicyclic) bond motifs is 1. The predicted octanol–water partition coefficient (Wildman–Crippen LogP) is -0.458. The molecule has 10 nitrogen and oxygen atoms in total. The molecular weight excluding hydrogens is 364 g/mol. The molecule has 0 aliphatic carbocycles. The molecule has 3 rings (SSSR count). The van der Waals surface area contributed by atoms with Crippen molar-refractivity contribution in [1.82, 2.24) is 19.1 Å². The van der Waals surface area contributed by atoms with E-state index in [0.29, 0.717) is 24.8 Å². The molecule has 0 spiro atoms. The van der Waals surface area contributed by atoms with Crippen molar-refractivity contribution in [2.45, 2.75) is 19.6 Å². The second-order valence-electron chi connectivity index (χ2n) is 6.53. The number of benzene rings is 1. The molecule has 1 atom stereocenters. The number of hydrogen-bond acceptors (Lipinski definition) is 7. The Labute approximate surface area is 160 Å². The van der Waals surface area contributed by atoms with Crippen molar-refractivity contribution >= 4 is 17.1 Å². The zero-order chi connectivity index (χ0) is 20.3. The maximum Gasteiger partial charge on any atom is 0.329 e. The maximum absolute atomic E-state index is 12.4. The third-order valence-corrected chi connectivity index (χ3v) is 4.26. The molecule has 2 heterocycles. The van der Waals surface area contributed by atoms with Gasteiger partial charge in [0.2, 0.25) is 5.95 Å². The van der Waals surface area contributed by atoms with E-state index in [1.807, 2.05) is 25.1 Å². The molecule has 0 amide bonds. The Morgan fingerprint density at radius 2 is 2.18 bits per heavy atom. The van der Waals surface area contributed by atoms with Gasteiger partial charge in [0.15, 0.2) is 11.2 Å². The fraction of sp³-hybridized carbons (Fsp3) is 0.389. The van der Waals surface area contributed by atoms with Gasteiger partial charge in [-0.15, -0.1) is 0 Å². The van der Waals surface area contributed by atoms with Crippen LogP contribution in [-0.2, 0) is 13.6 Å². The van der Waals surface area contributed by atoms with E-state index in [4.69, 9.17) is 10.5 Å². The summed E-state index contributed by atoms with van der Waals surface area (Å²) in [6.45, 7) is 2.81. The van der Waals surface area contributed by atoms with Crippen molar-refractivity contribution < 1.29 is 9.84 Å². The minimum absolute atomic E-state index is 0.0309. The smallest absolute Gasteiger partial charge is 0.329 e. The number of aromatic amines is 1. The maximum atomic E-state index is 12.4. The summed E-state index contributed by atoms with van der Waals surface area (Å²) >= 11 is 0. The van der Waals surface area contributed by atoms with Gasteiger partial charge >= 0.3 is 5.69 Å². The lowest BCUT2D eigenvalue weighted by Gasteiger charge is -2.16. The molecular formula is C18H24N6O4. The molecule has 0 radical (unpaired) electrons. The summed E-state index contributed by atoms with van der Waals surface area (Å²) in [5.74, 6) is 0.998. The third-order valence-electron chi connectivity index (χ3n) is 4.26. The van der Waals surface area contributed by atoms with Crippen LogP contribution in [-0.4, -0.2) is 50.0 Å². The van der Waals surface area contributed by atoms with Crippen molar-refractivity contribution in [3.63, 3.8) is 0 Å². The fourth-order valence-corrected chi connectivity index (χ4v) is 2.89. The second-order valence-corrected chi connectivity index (χ2v) is 6.53. The van der Waals surface area contributed by atoms with Crippen molar-refractivity contribution in [2.75, 3.05) is 25.0 Å². The summed E-state index contributed by atoms with van der Waals surface area (Å²) in [5, 5.41) is 13.5. The minimum Gasteiger partial charge on any atom is -0.491 e. The number of H-pyrrole nitrogens is 1. The average molecular weight is 388 g/mol. The monoisotopic (exact) mass is 388 g/mol. The minimum atomic E-state index is -0.909. The number of aromatic nitrogens is 4. The van der Waals surface area contributed by atoms with E-state index >= 15 is 0 Å². The first kappa shape index (κ1) is 19.6. The largest absolute Gasteiger partial charge is 0.491 e. The lowest BCUT2D eigenvalue weighted by molar-refractivity contribution is 0.0938. The number of nitrogens with zero attached hydrogens (tertiary/aromatic N) is 3. The molecule has 28 heavy (non-hydrogen) atoms. The summed E-state index contributed by atoms with van der Waals surface area (Å²) in [6.07, 6.45) is -0.909. The Kier molecular flexibility index (Phi) is 5.81. The first-order valence-corrected chi connectivity index (χ1v) is 8.91. The zero-order valence-electron chi connectivity index (χ0n) is 15.8. The highest BCUT2D eigenvalue weighted by Crippen LogP contribution is 2.17. The molecule has 0 bridgehead atoms. The number of aryl methyl sites for hydroxylation is 2. The number of ether oxygens (including phenoxy) is 1. The van der Waals surface area contributed by atoms with E-state index in [-0.39, 0.29) is 24.3 Å². The molecule has 0 fully saturated rings. The van der Waals surface area contributed by atoms with Gasteiger partial charge in [0.25, 0.3) is 5.56 Å². The Hall–Kier alpha value is -3.11. The number of anilines is 1. The van der Waals surface area contributed by atoms with Gasteiger partial charge < -0.3 is 25.5 Å². The number of nitrogens with two attached hydrogens (primary N) is 1. The summed E-state index contributed by atoms with van der Waals surface area (Å²) in [4.78, 5) is 30.8. The molecule has 0 saturated heterocycles. The standard InChI is InChI=1S/C18H24N6O4/c1-11-4-3-5-13(8-11)28-10-12(25)9-24-14-15(21-17(24)20-7-6-19)23(2)18(27)22-16(14)26/h3-5,8,12,25H,6-7,9-10,19H2,1-2H3,(H,20,21)(H,22,26,27)/t12-/m0/s1. The molecule has 5 N–H and O–H groups in total. The van der Waals surface area contributed by atoms with Gasteiger partial charge in [-0.05, 0) is 24.6 Å². The summed E-state index contributed by atoms with van der Waals surface area (Å²) in [7, 11) is 1.52. The van der Waals surface area contributed by atoms with Gasteiger partial charge in [-0.1, -0.05) is 12.1 Å². The van der Waals surface area contributed by atoms with E-state index in [0.717, 1.165) is 5.56 Å². The summed E-state index contributed by atoms with van der Waals surface area (Å²) in [5.41, 5.74) is 5.87. The van der Waals surface area contributed by atoms with Gasteiger partial charge in [0, 0.05) is 20.1 Å². The van der Waals surface area contributed by atoms with Crippen LogP contribution >= 0.6 is 0 Å². The number of nitrogens with one attached hydrogen (secondary N) is 2. The number of aliphatic hydroxyl groups excluding tert-OH is 1. The second kappa shape index (κ2) is 8.28. The molecule has 0 aliphatic rings. The van der Waals surface area contributed by atoms with Gasteiger partial charge in [0.05, 0.1) is 6.54 Å². The van der Waals surface area contributed by atoms with E-state index in [9.17, 15) is 14.7 Å². The van der Waals surface area contributed by atoms with Crippen molar-refractivity contribution in [3.8, 4) is 5.75 Å². The molecule has 150 valence electrons. The van der Waals surface area contributed by atoms with E-state index in [1.54, 1.807) is 6.07 Å². The highest BCUT2D eigenvalue weighted by molar-refractivity contribution is 5.74.